The summed E-state index contributed by atoms with van der Waals surface area (Å²) < 4.78 is 0.905. The molecule has 0 fully saturated rings. The summed E-state index contributed by atoms with van der Waals surface area (Å²) in [6, 6.07) is 7.90. The Morgan fingerprint density at radius 1 is 1.50 bits per heavy atom. The molecule has 0 spiro atoms. The average molecular weight is 271 g/mol. The lowest BCUT2D eigenvalue weighted by atomic mass is 10.1. The van der Waals surface area contributed by atoms with Crippen LogP contribution >= 0.6 is 27.5 Å². The van der Waals surface area contributed by atoms with Gasteiger partial charge in [-0.25, -0.2) is 0 Å². The van der Waals surface area contributed by atoms with E-state index < -0.39 is 0 Å². The van der Waals surface area contributed by atoms with Crippen molar-refractivity contribution in [2.45, 2.75) is 13.8 Å². The summed E-state index contributed by atoms with van der Waals surface area (Å²) in [4.78, 5) is 0. The lowest BCUT2D eigenvalue weighted by Crippen LogP contribution is -1.85. The Bertz CT molecular complexity index is 429. The number of nitriles is 1. The minimum Gasteiger partial charge on any atom is -0.193 e. The number of hydrogen-bond acceptors (Lipinski definition) is 1. The molecular formula is C11H9BrClN. The van der Waals surface area contributed by atoms with Crippen molar-refractivity contribution in [3.8, 4) is 6.07 Å². The minimum absolute atomic E-state index is 0.503. The lowest BCUT2D eigenvalue weighted by Gasteiger charge is -2.04. The van der Waals surface area contributed by atoms with E-state index in [9.17, 15) is 0 Å². The standard InChI is InChI=1S/C11H9BrClN/c1-7-3-4-10(12)9(5-7)11(13)8(2)6-14/h3-5H,1-2H3/b11-8-. The largest absolute Gasteiger partial charge is 0.193 e. The molecule has 0 aliphatic carbocycles. The highest BCUT2D eigenvalue weighted by Gasteiger charge is 2.07. The fourth-order valence-corrected chi connectivity index (χ4v) is 1.82. The number of nitrogens with zero attached hydrogens (tertiary/aromatic N) is 1. The molecule has 0 N–H and O–H groups in total. The summed E-state index contributed by atoms with van der Waals surface area (Å²) in [6.07, 6.45) is 0. The molecule has 72 valence electrons. The van der Waals surface area contributed by atoms with Gasteiger partial charge < -0.3 is 0 Å². The van der Waals surface area contributed by atoms with Crippen molar-refractivity contribution in [3.63, 3.8) is 0 Å². The van der Waals surface area contributed by atoms with Gasteiger partial charge in [-0.05, 0) is 26.0 Å². The molecule has 14 heavy (non-hydrogen) atoms. The maximum Gasteiger partial charge on any atom is 0.0959 e. The molecule has 0 heterocycles. The van der Waals surface area contributed by atoms with Crippen molar-refractivity contribution in [3.05, 3.63) is 39.4 Å². The first-order chi connectivity index (χ1) is 6.56. The molecular weight excluding hydrogens is 261 g/mol. The van der Waals surface area contributed by atoms with Crippen LogP contribution in [0.15, 0.2) is 28.2 Å². The second-order valence-corrected chi connectivity index (χ2v) is 4.27. The maximum atomic E-state index is 8.72. The summed E-state index contributed by atoms with van der Waals surface area (Å²) in [6.45, 7) is 3.69. The second-order valence-electron chi connectivity index (χ2n) is 3.03. The zero-order chi connectivity index (χ0) is 10.7. The average Bonchev–Trinajstić information content (AvgIpc) is 2.19. The van der Waals surface area contributed by atoms with Crippen molar-refractivity contribution in [1.29, 1.82) is 5.26 Å². The van der Waals surface area contributed by atoms with Gasteiger partial charge in [0.05, 0.1) is 11.1 Å². The SMILES string of the molecule is C/C(C#N)=C(/Cl)c1cc(C)ccc1Br. The van der Waals surface area contributed by atoms with Crippen LogP contribution in [0.4, 0.5) is 0 Å². The molecule has 0 bridgehead atoms. The monoisotopic (exact) mass is 269 g/mol. The fourth-order valence-electron chi connectivity index (χ4n) is 1.06. The van der Waals surface area contributed by atoms with E-state index in [1.165, 1.54) is 0 Å². The van der Waals surface area contributed by atoms with Gasteiger partial charge in [0.15, 0.2) is 0 Å². The number of benzene rings is 1. The van der Waals surface area contributed by atoms with Gasteiger partial charge in [0.1, 0.15) is 0 Å². The molecule has 0 amide bonds. The van der Waals surface area contributed by atoms with E-state index in [0.29, 0.717) is 10.6 Å². The van der Waals surface area contributed by atoms with Crippen molar-refractivity contribution in [1.82, 2.24) is 0 Å². The normalized spacial score (nSPS) is 11.9. The van der Waals surface area contributed by atoms with Crippen LogP contribution in [0, 0.1) is 18.3 Å². The van der Waals surface area contributed by atoms with Crippen molar-refractivity contribution in [2.24, 2.45) is 0 Å². The van der Waals surface area contributed by atoms with Crippen molar-refractivity contribution >= 4 is 32.6 Å². The Hall–Kier alpha value is -0.780. The van der Waals surface area contributed by atoms with Crippen LogP contribution in [0.2, 0.25) is 0 Å². The first-order valence-corrected chi connectivity index (χ1v) is 5.26. The van der Waals surface area contributed by atoms with E-state index in [1.54, 1.807) is 6.92 Å². The van der Waals surface area contributed by atoms with E-state index in [2.05, 4.69) is 15.9 Å². The van der Waals surface area contributed by atoms with Gasteiger partial charge >= 0.3 is 0 Å². The predicted octanol–water partition coefficient (Wildman–Crippen LogP) is 4.25. The molecule has 0 aromatic heterocycles. The summed E-state index contributed by atoms with van der Waals surface area (Å²) in [5, 5.41) is 9.22. The van der Waals surface area contributed by atoms with Crippen LogP contribution in [-0.4, -0.2) is 0 Å². The van der Waals surface area contributed by atoms with E-state index >= 15 is 0 Å². The van der Waals surface area contributed by atoms with Gasteiger partial charge in [-0.3, -0.25) is 0 Å². The minimum atomic E-state index is 0.503. The van der Waals surface area contributed by atoms with Gasteiger partial charge in [-0.2, -0.15) is 5.26 Å². The first kappa shape index (κ1) is 11.3. The number of allylic oxidation sites excluding steroid dienone is 1. The highest BCUT2D eigenvalue weighted by molar-refractivity contribution is 9.10. The Kier molecular flexibility index (Phi) is 3.74. The third-order valence-electron chi connectivity index (χ3n) is 1.86. The van der Waals surface area contributed by atoms with E-state index in [-0.39, 0.29) is 0 Å². The van der Waals surface area contributed by atoms with Crippen LogP contribution in [0.5, 0.6) is 0 Å². The second kappa shape index (κ2) is 4.63. The molecule has 0 saturated heterocycles. The number of aryl methyl sites for hydroxylation is 1. The highest BCUT2D eigenvalue weighted by atomic mass is 79.9. The molecule has 0 saturated carbocycles. The summed E-state index contributed by atoms with van der Waals surface area (Å²) in [5.41, 5.74) is 2.51. The smallest absolute Gasteiger partial charge is 0.0959 e. The molecule has 1 nitrogen and oxygen atoms in total. The Labute approximate surface area is 97.1 Å². The van der Waals surface area contributed by atoms with E-state index in [1.807, 2.05) is 31.2 Å². The molecule has 0 radical (unpaired) electrons. The Morgan fingerprint density at radius 3 is 2.71 bits per heavy atom. The van der Waals surface area contributed by atoms with Gasteiger partial charge in [-0.1, -0.05) is 39.2 Å². The lowest BCUT2D eigenvalue weighted by molar-refractivity contribution is 1.41. The number of rotatable bonds is 1. The molecule has 0 unspecified atom stereocenters. The van der Waals surface area contributed by atoms with Gasteiger partial charge in [0.25, 0.3) is 0 Å². The maximum absolute atomic E-state index is 8.72. The van der Waals surface area contributed by atoms with Crippen LogP contribution in [0.3, 0.4) is 0 Å². The summed E-state index contributed by atoms with van der Waals surface area (Å²) in [5.74, 6) is 0. The quantitative estimate of drug-likeness (QED) is 0.700. The van der Waals surface area contributed by atoms with Crippen LogP contribution in [0.1, 0.15) is 18.1 Å². The Balaban J connectivity index is 3.34. The molecule has 0 aliphatic heterocycles. The van der Waals surface area contributed by atoms with Gasteiger partial charge in [-0.15, -0.1) is 0 Å². The topological polar surface area (TPSA) is 23.8 Å². The van der Waals surface area contributed by atoms with Crippen LogP contribution in [-0.2, 0) is 0 Å². The molecule has 3 heteroatoms. The molecule has 1 aromatic carbocycles. The molecule has 1 rings (SSSR count). The van der Waals surface area contributed by atoms with Gasteiger partial charge in [0, 0.05) is 15.6 Å². The summed E-state index contributed by atoms with van der Waals surface area (Å²) >= 11 is 9.46. The van der Waals surface area contributed by atoms with Crippen molar-refractivity contribution < 1.29 is 0 Å². The summed E-state index contributed by atoms with van der Waals surface area (Å²) in [7, 11) is 0. The molecule has 0 atom stereocenters. The molecule has 1 aromatic rings. The predicted molar refractivity (Wildman–Crippen MR) is 62.9 cm³/mol. The van der Waals surface area contributed by atoms with Crippen LogP contribution in [0.25, 0.3) is 5.03 Å². The fraction of sp³-hybridized carbons (Fsp3) is 0.182. The zero-order valence-electron chi connectivity index (χ0n) is 7.94. The van der Waals surface area contributed by atoms with Crippen LogP contribution < -0.4 is 0 Å². The molecule has 0 aliphatic rings. The first-order valence-electron chi connectivity index (χ1n) is 4.09. The third kappa shape index (κ3) is 2.37. The Morgan fingerprint density at radius 2 is 2.14 bits per heavy atom. The van der Waals surface area contributed by atoms with Crippen molar-refractivity contribution in [2.75, 3.05) is 0 Å². The number of hydrogen-bond donors (Lipinski definition) is 0. The third-order valence-corrected chi connectivity index (χ3v) is 3.03. The van der Waals surface area contributed by atoms with E-state index in [4.69, 9.17) is 16.9 Å². The highest BCUT2D eigenvalue weighted by Crippen LogP contribution is 2.30. The van der Waals surface area contributed by atoms with Gasteiger partial charge in [0.2, 0.25) is 0 Å². The zero-order valence-corrected chi connectivity index (χ0v) is 10.3. The number of halogens is 2. The van der Waals surface area contributed by atoms with E-state index in [0.717, 1.165) is 15.6 Å².